The first-order chi connectivity index (χ1) is 15.4. The number of hydrogen-bond acceptors (Lipinski definition) is 5. The molecule has 4 rings (SSSR count). The molecule has 2 aliphatic rings. The van der Waals surface area contributed by atoms with Crippen LogP contribution in [0.1, 0.15) is 48.1 Å². The van der Waals surface area contributed by atoms with Crippen molar-refractivity contribution in [2.45, 2.75) is 52.1 Å². The number of likely N-dealkylation sites (tertiary alicyclic amines) is 2. The van der Waals surface area contributed by atoms with Crippen molar-refractivity contribution in [2.24, 2.45) is 0 Å². The number of amides is 1. The summed E-state index contributed by atoms with van der Waals surface area (Å²) in [4.78, 5) is 42.0. The monoisotopic (exact) mass is 444 g/mol. The van der Waals surface area contributed by atoms with Gasteiger partial charge in [-0.3, -0.25) is 19.3 Å². The Balaban J connectivity index is 0.000000547. The number of aromatic amines is 1. The van der Waals surface area contributed by atoms with Crippen molar-refractivity contribution in [2.75, 3.05) is 19.6 Å². The van der Waals surface area contributed by atoms with Gasteiger partial charge in [0.1, 0.15) is 5.82 Å². The SMILES string of the molecule is Cc1nc(-c2cccc(C(=O)N3CC(N4CCCCC4C)C3)c2)c(C)[nH]1.O=CO.O=CO. The molecule has 0 aliphatic carbocycles. The maximum Gasteiger partial charge on any atom is 0.290 e. The molecule has 1 amide bonds. The van der Waals surface area contributed by atoms with Gasteiger partial charge >= 0.3 is 0 Å². The third-order valence-electron chi connectivity index (χ3n) is 5.86. The summed E-state index contributed by atoms with van der Waals surface area (Å²) in [6.07, 6.45) is 3.92. The lowest BCUT2D eigenvalue weighted by Gasteiger charge is -2.49. The normalized spacial score (nSPS) is 18.3. The Bertz CT molecular complexity index is 902. The molecule has 9 nitrogen and oxygen atoms in total. The second-order valence-corrected chi connectivity index (χ2v) is 8.03. The number of benzene rings is 1. The lowest BCUT2D eigenvalue weighted by molar-refractivity contribution is -0.123. The van der Waals surface area contributed by atoms with Crippen LogP contribution in [0.2, 0.25) is 0 Å². The van der Waals surface area contributed by atoms with Gasteiger partial charge in [0.15, 0.2) is 0 Å². The number of nitrogens with one attached hydrogen (secondary N) is 1. The third-order valence-corrected chi connectivity index (χ3v) is 5.86. The van der Waals surface area contributed by atoms with Crippen molar-refractivity contribution in [3.05, 3.63) is 41.3 Å². The number of nitrogens with zero attached hydrogens (tertiary/aromatic N) is 3. The summed E-state index contributed by atoms with van der Waals surface area (Å²) in [5, 5.41) is 13.8. The van der Waals surface area contributed by atoms with Crippen LogP contribution in [0.3, 0.4) is 0 Å². The van der Waals surface area contributed by atoms with Crippen LogP contribution < -0.4 is 0 Å². The highest BCUT2D eigenvalue weighted by atomic mass is 16.3. The van der Waals surface area contributed by atoms with Crippen molar-refractivity contribution in [3.8, 4) is 11.3 Å². The van der Waals surface area contributed by atoms with Crippen LogP contribution in [0.5, 0.6) is 0 Å². The van der Waals surface area contributed by atoms with Gasteiger partial charge in [0.25, 0.3) is 18.9 Å². The average molecular weight is 445 g/mol. The Labute approximate surface area is 188 Å². The quantitative estimate of drug-likeness (QED) is 0.621. The number of carbonyl (C=O) groups excluding carboxylic acids is 1. The minimum absolute atomic E-state index is 0.137. The van der Waals surface area contributed by atoms with E-state index >= 15 is 0 Å². The second kappa shape index (κ2) is 12.0. The van der Waals surface area contributed by atoms with E-state index in [9.17, 15) is 4.79 Å². The summed E-state index contributed by atoms with van der Waals surface area (Å²) in [5.41, 5.74) is 3.73. The van der Waals surface area contributed by atoms with E-state index in [0.29, 0.717) is 12.1 Å². The number of piperidine rings is 1. The first-order valence-corrected chi connectivity index (χ1v) is 10.7. The molecule has 9 heteroatoms. The summed E-state index contributed by atoms with van der Waals surface area (Å²) in [7, 11) is 0. The molecule has 2 fully saturated rings. The topological polar surface area (TPSA) is 127 Å². The highest BCUT2D eigenvalue weighted by molar-refractivity contribution is 5.96. The number of H-pyrrole nitrogens is 1. The lowest BCUT2D eigenvalue weighted by atomic mass is 9.96. The maximum atomic E-state index is 12.9. The van der Waals surface area contributed by atoms with Crippen molar-refractivity contribution >= 4 is 18.9 Å². The molecule has 32 heavy (non-hydrogen) atoms. The zero-order valence-corrected chi connectivity index (χ0v) is 18.8. The average Bonchev–Trinajstić information content (AvgIpc) is 3.07. The molecule has 0 bridgehead atoms. The first-order valence-electron chi connectivity index (χ1n) is 10.7. The summed E-state index contributed by atoms with van der Waals surface area (Å²) < 4.78 is 0. The Morgan fingerprint density at radius 1 is 1.16 bits per heavy atom. The van der Waals surface area contributed by atoms with E-state index in [4.69, 9.17) is 19.8 Å². The minimum Gasteiger partial charge on any atom is -0.483 e. The fourth-order valence-electron chi connectivity index (χ4n) is 4.37. The largest absolute Gasteiger partial charge is 0.483 e. The second-order valence-electron chi connectivity index (χ2n) is 8.03. The highest BCUT2D eigenvalue weighted by Crippen LogP contribution is 2.27. The third kappa shape index (κ3) is 6.16. The molecule has 1 atom stereocenters. The van der Waals surface area contributed by atoms with Gasteiger partial charge in [0.2, 0.25) is 0 Å². The molecule has 3 N–H and O–H groups in total. The van der Waals surface area contributed by atoms with Crippen LogP contribution >= 0.6 is 0 Å². The molecule has 0 radical (unpaired) electrons. The molecular formula is C23H32N4O5. The molecule has 3 heterocycles. The van der Waals surface area contributed by atoms with Crippen molar-refractivity contribution in [1.82, 2.24) is 19.8 Å². The van der Waals surface area contributed by atoms with E-state index < -0.39 is 0 Å². The van der Waals surface area contributed by atoms with Crippen LogP contribution in [0.15, 0.2) is 24.3 Å². The number of carboxylic acid groups (broad SMARTS) is 2. The number of imidazole rings is 1. The Hall–Kier alpha value is -3.20. The van der Waals surface area contributed by atoms with Crippen LogP contribution in [-0.2, 0) is 9.59 Å². The zero-order valence-electron chi connectivity index (χ0n) is 18.8. The Kier molecular flexibility index (Phi) is 9.39. The van der Waals surface area contributed by atoms with E-state index in [-0.39, 0.29) is 18.9 Å². The molecule has 1 unspecified atom stereocenters. The molecule has 2 aliphatic heterocycles. The van der Waals surface area contributed by atoms with Gasteiger partial charge < -0.3 is 20.1 Å². The standard InChI is InChI=1S/C21H28N4O.2CH2O2/c1-14-7-4-5-10-25(14)19-12-24(13-19)21(26)18-9-6-8-17(11-18)20-15(2)22-16(3)23-20;2*2-1-3/h6,8-9,11,14,19H,4-5,7,10,12-13H2,1-3H3,(H,22,23);2*1H,(H,2,3). The van der Waals surface area contributed by atoms with Crippen molar-refractivity contribution in [3.63, 3.8) is 0 Å². The Morgan fingerprint density at radius 3 is 2.38 bits per heavy atom. The fourth-order valence-corrected chi connectivity index (χ4v) is 4.37. The van der Waals surface area contributed by atoms with Gasteiger partial charge in [0, 0.05) is 42.0 Å². The number of hydrogen-bond donors (Lipinski definition) is 3. The Morgan fingerprint density at radius 2 is 1.81 bits per heavy atom. The van der Waals surface area contributed by atoms with Crippen LogP contribution in [0.25, 0.3) is 11.3 Å². The van der Waals surface area contributed by atoms with Gasteiger partial charge in [-0.05, 0) is 52.3 Å². The summed E-state index contributed by atoms with van der Waals surface area (Å²) in [6, 6.07) is 9.05. The van der Waals surface area contributed by atoms with Crippen LogP contribution in [-0.4, -0.2) is 80.6 Å². The maximum absolute atomic E-state index is 12.9. The van der Waals surface area contributed by atoms with Gasteiger partial charge in [-0.2, -0.15) is 0 Å². The van der Waals surface area contributed by atoms with Gasteiger partial charge in [0.05, 0.1) is 5.69 Å². The van der Waals surface area contributed by atoms with E-state index in [1.165, 1.54) is 25.8 Å². The van der Waals surface area contributed by atoms with E-state index in [2.05, 4.69) is 21.8 Å². The van der Waals surface area contributed by atoms with Crippen molar-refractivity contribution < 1.29 is 24.6 Å². The van der Waals surface area contributed by atoms with Gasteiger partial charge in [-0.1, -0.05) is 18.6 Å². The van der Waals surface area contributed by atoms with E-state index in [0.717, 1.165) is 41.4 Å². The van der Waals surface area contributed by atoms with Gasteiger partial charge in [-0.15, -0.1) is 0 Å². The first kappa shape index (κ1) is 25.1. The summed E-state index contributed by atoms with van der Waals surface area (Å²) in [6.45, 7) is 8.68. The van der Waals surface area contributed by atoms with E-state index in [1.54, 1.807) is 0 Å². The molecule has 174 valence electrons. The summed E-state index contributed by atoms with van der Waals surface area (Å²) >= 11 is 0. The minimum atomic E-state index is -0.250. The highest BCUT2D eigenvalue weighted by Gasteiger charge is 2.37. The molecule has 1 aromatic heterocycles. The van der Waals surface area contributed by atoms with Crippen LogP contribution in [0, 0.1) is 13.8 Å². The lowest BCUT2D eigenvalue weighted by Crippen LogP contribution is -2.63. The van der Waals surface area contributed by atoms with Gasteiger partial charge in [-0.25, -0.2) is 4.98 Å². The molecule has 0 spiro atoms. The fraction of sp³-hybridized carbons (Fsp3) is 0.478. The number of carbonyl (C=O) groups is 3. The number of aromatic nitrogens is 2. The molecule has 2 aromatic rings. The van der Waals surface area contributed by atoms with Crippen LogP contribution in [0.4, 0.5) is 0 Å². The molecule has 1 aromatic carbocycles. The predicted molar refractivity (Wildman–Crippen MR) is 121 cm³/mol. The molecule has 2 saturated heterocycles. The summed E-state index contributed by atoms with van der Waals surface area (Å²) in [5.74, 6) is 1.04. The zero-order chi connectivity index (χ0) is 23.7. The molecule has 0 saturated carbocycles. The van der Waals surface area contributed by atoms with Crippen molar-refractivity contribution in [1.29, 1.82) is 0 Å². The molecular weight excluding hydrogens is 412 g/mol. The number of rotatable bonds is 3. The predicted octanol–water partition coefficient (Wildman–Crippen LogP) is 2.79. The number of aryl methyl sites for hydroxylation is 2. The van der Waals surface area contributed by atoms with E-state index in [1.807, 2.05) is 43.0 Å². The smallest absolute Gasteiger partial charge is 0.290 e.